The summed E-state index contributed by atoms with van der Waals surface area (Å²) in [5.74, 6) is 1.49. The fourth-order valence-electron chi connectivity index (χ4n) is 3.37. The van der Waals surface area contributed by atoms with E-state index in [1.165, 1.54) is 22.3 Å². The minimum Gasteiger partial charge on any atom is -0.491 e. The Hall–Kier alpha value is -2.52. The van der Waals surface area contributed by atoms with Crippen LogP contribution in [-0.4, -0.2) is 11.1 Å². The van der Waals surface area contributed by atoms with Gasteiger partial charge in [0.2, 0.25) is 0 Å². The second-order valence-corrected chi connectivity index (χ2v) is 7.89. The lowest BCUT2D eigenvalue weighted by Gasteiger charge is -2.18. The average molecular weight is 395 g/mol. The SMILES string of the molecule is Cc1nc(N)c(C)c(Cc2ccc(Cl)cc2)c1Cc1ccc(OC(C)C)cc1. The van der Waals surface area contributed by atoms with Gasteiger partial charge in [0.05, 0.1) is 6.10 Å². The molecule has 0 aliphatic carbocycles. The first-order valence-electron chi connectivity index (χ1n) is 9.58. The van der Waals surface area contributed by atoms with E-state index in [1.54, 1.807) is 0 Å². The molecule has 2 aromatic carbocycles. The van der Waals surface area contributed by atoms with Gasteiger partial charge < -0.3 is 10.5 Å². The van der Waals surface area contributed by atoms with Crippen LogP contribution in [0, 0.1) is 13.8 Å². The maximum Gasteiger partial charge on any atom is 0.126 e. The molecule has 0 spiro atoms. The molecule has 3 rings (SSSR count). The van der Waals surface area contributed by atoms with Crippen LogP contribution in [0.1, 0.15) is 47.4 Å². The lowest BCUT2D eigenvalue weighted by Crippen LogP contribution is -2.09. The first kappa shape index (κ1) is 20.2. The van der Waals surface area contributed by atoms with Crippen LogP contribution in [0.3, 0.4) is 0 Å². The number of pyridine rings is 1. The van der Waals surface area contributed by atoms with Gasteiger partial charge in [-0.2, -0.15) is 0 Å². The summed E-state index contributed by atoms with van der Waals surface area (Å²) in [4.78, 5) is 4.57. The van der Waals surface area contributed by atoms with Gasteiger partial charge in [0.25, 0.3) is 0 Å². The van der Waals surface area contributed by atoms with E-state index < -0.39 is 0 Å². The van der Waals surface area contributed by atoms with Crippen LogP contribution in [0.2, 0.25) is 5.02 Å². The molecule has 1 aromatic heterocycles. The number of aryl methyl sites for hydroxylation is 1. The Labute approximate surface area is 172 Å². The zero-order valence-corrected chi connectivity index (χ0v) is 17.7. The van der Waals surface area contributed by atoms with Gasteiger partial charge in [0.15, 0.2) is 0 Å². The van der Waals surface area contributed by atoms with E-state index in [-0.39, 0.29) is 6.10 Å². The number of benzene rings is 2. The normalized spacial score (nSPS) is 11.1. The minimum absolute atomic E-state index is 0.169. The van der Waals surface area contributed by atoms with Gasteiger partial charge in [0, 0.05) is 10.7 Å². The highest BCUT2D eigenvalue weighted by Crippen LogP contribution is 2.27. The number of aromatic nitrogens is 1. The van der Waals surface area contributed by atoms with Gasteiger partial charge in [-0.15, -0.1) is 0 Å². The Kier molecular flexibility index (Phi) is 6.25. The monoisotopic (exact) mass is 394 g/mol. The molecule has 146 valence electrons. The molecule has 0 saturated carbocycles. The molecular weight excluding hydrogens is 368 g/mol. The summed E-state index contributed by atoms with van der Waals surface area (Å²) in [5, 5.41) is 0.745. The predicted octanol–water partition coefficient (Wildman–Crippen LogP) is 5.90. The van der Waals surface area contributed by atoms with Crippen LogP contribution in [0.15, 0.2) is 48.5 Å². The first-order chi connectivity index (χ1) is 13.3. The molecule has 0 bridgehead atoms. The van der Waals surface area contributed by atoms with E-state index >= 15 is 0 Å². The number of ether oxygens (including phenoxy) is 1. The maximum absolute atomic E-state index is 6.18. The van der Waals surface area contributed by atoms with Crippen molar-refractivity contribution in [1.29, 1.82) is 0 Å². The van der Waals surface area contributed by atoms with Gasteiger partial charge in [0.1, 0.15) is 11.6 Å². The number of anilines is 1. The zero-order chi connectivity index (χ0) is 20.3. The number of nitrogens with zero attached hydrogens (tertiary/aromatic N) is 1. The molecule has 0 unspecified atom stereocenters. The largest absolute Gasteiger partial charge is 0.491 e. The zero-order valence-electron chi connectivity index (χ0n) is 16.9. The summed E-state index contributed by atoms with van der Waals surface area (Å²) in [6.45, 7) is 8.15. The van der Waals surface area contributed by atoms with Crippen LogP contribution < -0.4 is 10.5 Å². The molecule has 1 heterocycles. The van der Waals surface area contributed by atoms with E-state index in [9.17, 15) is 0 Å². The Balaban J connectivity index is 1.93. The minimum atomic E-state index is 0.169. The highest BCUT2D eigenvalue weighted by atomic mass is 35.5. The molecule has 3 aromatic rings. The average Bonchev–Trinajstić information content (AvgIpc) is 2.65. The topological polar surface area (TPSA) is 48.1 Å². The van der Waals surface area contributed by atoms with E-state index in [0.717, 1.165) is 34.9 Å². The van der Waals surface area contributed by atoms with Crippen molar-refractivity contribution in [2.45, 2.75) is 46.6 Å². The van der Waals surface area contributed by atoms with Crippen molar-refractivity contribution < 1.29 is 4.74 Å². The van der Waals surface area contributed by atoms with E-state index in [2.05, 4.69) is 36.2 Å². The number of hydrogen-bond acceptors (Lipinski definition) is 3. The summed E-state index contributed by atoms with van der Waals surface area (Å²) >= 11 is 6.04. The standard InChI is InChI=1S/C24H27ClN2O/c1-15(2)28-21-11-7-19(8-12-21)14-23-17(4)27-24(26)16(3)22(23)13-18-5-9-20(25)10-6-18/h5-12,15H,13-14H2,1-4H3,(H2,26,27). The number of nitrogens with two attached hydrogens (primary N) is 1. The van der Waals surface area contributed by atoms with Crippen LogP contribution in [0.25, 0.3) is 0 Å². The molecule has 0 amide bonds. The van der Waals surface area contributed by atoms with E-state index in [1.807, 2.05) is 45.0 Å². The summed E-state index contributed by atoms with van der Waals surface area (Å²) in [5.41, 5.74) is 13.1. The molecule has 0 radical (unpaired) electrons. The van der Waals surface area contributed by atoms with Crippen molar-refractivity contribution in [3.8, 4) is 5.75 Å². The Morgan fingerprint density at radius 2 is 1.43 bits per heavy atom. The predicted molar refractivity (Wildman–Crippen MR) is 117 cm³/mol. The van der Waals surface area contributed by atoms with Gasteiger partial charge in [-0.25, -0.2) is 4.98 Å². The summed E-state index contributed by atoms with van der Waals surface area (Å²) < 4.78 is 5.75. The summed E-state index contributed by atoms with van der Waals surface area (Å²) in [6, 6.07) is 16.3. The fourth-order valence-corrected chi connectivity index (χ4v) is 3.50. The molecular formula is C24H27ClN2O. The van der Waals surface area contributed by atoms with Crippen molar-refractivity contribution in [3.63, 3.8) is 0 Å². The number of halogens is 1. The molecule has 0 atom stereocenters. The molecule has 4 heteroatoms. The highest BCUT2D eigenvalue weighted by Gasteiger charge is 2.15. The van der Waals surface area contributed by atoms with Crippen molar-refractivity contribution >= 4 is 17.4 Å². The van der Waals surface area contributed by atoms with Crippen LogP contribution in [-0.2, 0) is 12.8 Å². The second kappa shape index (κ2) is 8.66. The molecule has 0 fully saturated rings. The third kappa shape index (κ3) is 4.85. The van der Waals surface area contributed by atoms with Crippen LogP contribution in [0.4, 0.5) is 5.82 Å². The van der Waals surface area contributed by atoms with E-state index in [4.69, 9.17) is 22.1 Å². The Bertz CT molecular complexity index is 948. The molecule has 3 nitrogen and oxygen atoms in total. The van der Waals surface area contributed by atoms with Crippen LogP contribution >= 0.6 is 11.6 Å². The van der Waals surface area contributed by atoms with Gasteiger partial charge in [-0.3, -0.25) is 0 Å². The molecule has 2 N–H and O–H groups in total. The Morgan fingerprint density at radius 3 is 2.00 bits per heavy atom. The number of rotatable bonds is 6. The highest BCUT2D eigenvalue weighted by molar-refractivity contribution is 6.30. The fraction of sp³-hybridized carbons (Fsp3) is 0.292. The lowest BCUT2D eigenvalue weighted by atomic mass is 9.91. The molecule has 0 saturated heterocycles. The quantitative estimate of drug-likeness (QED) is 0.565. The van der Waals surface area contributed by atoms with E-state index in [0.29, 0.717) is 5.82 Å². The third-order valence-electron chi connectivity index (χ3n) is 4.90. The summed E-state index contributed by atoms with van der Waals surface area (Å²) in [7, 11) is 0. The number of nitrogen functional groups attached to an aromatic ring is 1. The van der Waals surface area contributed by atoms with Crippen molar-refractivity contribution in [1.82, 2.24) is 4.98 Å². The van der Waals surface area contributed by atoms with Crippen molar-refractivity contribution in [2.75, 3.05) is 5.73 Å². The third-order valence-corrected chi connectivity index (χ3v) is 5.15. The first-order valence-corrected chi connectivity index (χ1v) is 9.95. The second-order valence-electron chi connectivity index (χ2n) is 7.46. The molecule has 28 heavy (non-hydrogen) atoms. The maximum atomic E-state index is 6.18. The smallest absolute Gasteiger partial charge is 0.126 e. The molecule has 0 aliphatic rings. The van der Waals surface area contributed by atoms with Crippen molar-refractivity contribution in [2.24, 2.45) is 0 Å². The van der Waals surface area contributed by atoms with Crippen LogP contribution in [0.5, 0.6) is 5.75 Å². The van der Waals surface area contributed by atoms with Gasteiger partial charge in [-0.05, 0) is 92.6 Å². The lowest BCUT2D eigenvalue weighted by molar-refractivity contribution is 0.242. The number of hydrogen-bond donors (Lipinski definition) is 1. The van der Waals surface area contributed by atoms with Gasteiger partial charge in [-0.1, -0.05) is 35.9 Å². The van der Waals surface area contributed by atoms with Gasteiger partial charge >= 0.3 is 0 Å². The van der Waals surface area contributed by atoms with Crippen molar-refractivity contribution in [3.05, 3.63) is 87.1 Å². The molecule has 0 aliphatic heterocycles. The summed E-state index contributed by atoms with van der Waals surface area (Å²) in [6.07, 6.45) is 1.79. The Morgan fingerprint density at radius 1 is 0.893 bits per heavy atom.